The highest BCUT2D eigenvalue weighted by atomic mass is 16.5. The summed E-state index contributed by atoms with van der Waals surface area (Å²) in [6, 6.07) is 10.8. The predicted molar refractivity (Wildman–Crippen MR) is 101 cm³/mol. The Morgan fingerprint density at radius 1 is 0.897 bits per heavy atom. The second-order valence-corrected chi connectivity index (χ2v) is 4.86. The number of primary amides is 3. The van der Waals surface area contributed by atoms with Crippen molar-refractivity contribution < 1.29 is 38.9 Å². The van der Waals surface area contributed by atoms with Gasteiger partial charge >= 0.3 is 24.1 Å². The van der Waals surface area contributed by atoms with Crippen molar-refractivity contribution >= 4 is 24.1 Å². The van der Waals surface area contributed by atoms with Crippen molar-refractivity contribution in [3.63, 3.8) is 0 Å². The van der Waals surface area contributed by atoms with E-state index in [0.717, 1.165) is 0 Å². The summed E-state index contributed by atoms with van der Waals surface area (Å²) in [5.41, 5.74) is 12.9. The molecule has 2 rings (SSSR count). The van der Waals surface area contributed by atoms with Crippen LogP contribution in [0.2, 0.25) is 0 Å². The Labute approximate surface area is 165 Å². The first kappa shape index (κ1) is 24.7. The highest BCUT2D eigenvalue weighted by Crippen LogP contribution is 2.22. The predicted octanol–water partition coefficient (Wildman–Crippen LogP) is 1.44. The second-order valence-electron chi connectivity index (χ2n) is 4.86. The van der Waals surface area contributed by atoms with E-state index in [9.17, 15) is 19.5 Å². The molecule has 3 amide bonds. The van der Waals surface area contributed by atoms with E-state index in [1.807, 2.05) is 0 Å². The lowest BCUT2D eigenvalue weighted by atomic mass is 10.2. The van der Waals surface area contributed by atoms with E-state index >= 15 is 0 Å². The van der Waals surface area contributed by atoms with Crippen LogP contribution >= 0.6 is 0 Å². The number of phenols is 1. The SMILES string of the molecule is CCOC(N)=O.NC(N)=O.O=C(Oc1ccccc1C(=O)O)c1ccccc1O. The molecule has 0 heterocycles. The molecule has 11 nitrogen and oxygen atoms in total. The summed E-state index contributed by atoms with van der Waals surface area (Å²) >= 11 is 0. The van der Waals surface area contributed by atoms with E-state index in [-0.39, 0.29) is 22.6 Å². The van der Waals surface area contributed by atoms with E-state index in [4.69, 9.17) is 14.6 Å². The molecule has 0 saturated carbocycles. The third-order valence-electron chi connectivity index (χ3n) is 2.73. The van der Waals surface area contributed by atoms with E-state index < -0.39 is 24.1 Å². The van der Waals surface area contributed by atoms with Gasteiger partial charge in [-0.15, -0.1) is 0 Å². The lowest BCUT2D eigenvalue weighted by molar-refractivity contribution is 0.0680. The normalized spacial score (nSPS) is 8.86. The molecule has 0 fully saturated rings. The number of benzene rings is 2. The van der Waals surface area contributed by atoms with Gasteiger partial charge in [-0.1, -0.05) is 24.3 Å². The molecule has 29 heavy (non-hydrogen) atoms. The molecule has 2 aromatic carbocycles. The molecule has 156 valence electrons. The number of nitrogens with two attached hydrogens (primary N) is 3. The van der Waals surface area contributed by atoms with E-state index in [1.54, 1.807) is 25.1 Å². The number of carbonyl (C=O) groups is 4. The maximum absolute atomic E-state index is 11.8. The average molecular weight is 407 g/mol. The topological polar surface area (TPSA) is 205 Å². The van der Waals surface area contributed by atoms with Crippen LogP contribution in [0.15, 0.2) is 48.5 Å². The van der Waals surface area contributed by atoms with Gasteiger partial charge in [0, 0.05) is 0 Å². The van der Waals surface area contributed by atoms with Crippen molar-refractivity contribution in [2.45, 2.75) is 6.92 Å². The third-order valence-corrected chi connectivity index (χ3v) is 2.73. The summed E-state index contributed by atoms with van der Waals surface area (Å²) < 4.78 is 9.17. The number of aromatic hydroxyl groups is 1. The van der Waals surface area contributed by atoms with Crippen LogP contribution in [0, 0.1) is 0 Å². The maximum Gasteiger partial charge on any atom is 0.404 e. The van der Waals surface area contributed by atoms with Gasteiger partial charge in [0.2, 0.25) is 0 Å². The van der Waals surface area contributed by atoms with Gasteiger partial charge in [0.15, 0.2) is 0 Å². The zero-order chi connectivity index (χ0) is 22.4. The molecule has 0 aliphatic carbocycles. The Morgan fingerprint density at radius 3 is 1.79 bits per heavy atom. The van der Waals surface area contributed by atoms with Crippen LogP contribution in [0.5, 0.6) is 11.5 Å². The Bertz CT molecular complexity index is 851. The van der Waals surface area contributed by atoms with Gasteiger partial charge in [0.25, 0.3) is 0 Å². The van der Waals surface area contributed by atoms with Gasteiger partial charge in [0.05, 0.1) is 6.61 Å². The van der Waals surface area contributed by atoms with Crippen LogP contribution in [0.1, 0.15) is 27.6 Å². The largest absolute Gasteiger partial charge is 0.507 e. The molecule has 0 bridgehead atoms. The minimum Gasteiger partial charge on any atom is -0.507 e. The summed E-state index contributed by atoms with van der Waals surface area (Å²) in [7, 11) is 0. The highest BCUT2D eigenvalue weighted by molar-refractivity contribution is 5.96. The van der Waals surface area contributed by atoms with E-state index in [1.165, 1.54) is 30.3 Å². The zero-order valence-electron chi connectivity index (χ0n) is 15.4. The minimum absolute atomic E-state index is 0.0253. The van der Waals surface area contributed by atoms with Crippen molar-refractivity contribution in [1.82, 2.24) is 0 Å². The Hall–Kier alpha value is -4.28. The average Bonchev–Trinajstić information content (AvgIpc) is 2.62. The molecule has 11 heteroatoms. The van der Waals surface area contributed by atoms with Gasteiger partial charge in [-0.3, -0.25) is 0 Å². The Kier molecular flexibility index (Phi) is 11.1. The lowest BCUT2D eigenvalue weighted by Crippen LogP contribution is -2.18. The number of carboxylic acids is 1. The van der Waals surface area contributed by atoms with Crippen LogP contribution in [0.25, 0.3) is 0 Å². The molecule has 0 aromatic heterocycles. The fourth-order valence-corrected chi connectivity index (χ4v) is 1.68. The molecule has 0 saturated heterocycles. The van der Waals surface area contributed by atoms with Gasteiger partial charge in [-0.05, 0) is 31.2 Å². The number of carboxylic acid groups (broad SMARTS) is 1. The number of ether oxygens (including phenoxy) is 2. The first-order chi connectivity index (χ1) is 13.6. The minimum atomic E-state index is -1.19. The summed E-state index contributed by atoms with van der Waals surface area (Å²) in [6.45, 7) is 2.06. The zero-order valence-corrected chi connectivity index (χ0v) is 15.4. The standard InChI is InChI=1S/C14H10O5.C3H7NO2.CH4N2O/c15-11-7-3-1-5-9(11)14(18)19-12-8-4-2-6-10(12)13(16)17;1-2-6-3(4)5;2-1(3)4/h1-8,15H,(H,16,17);2H2,1H3,(H2,4,5);(H4,2,3,4). The molecule has 0 aliphatic heterocycles. The van der Waals surface area contributed by atoms with Crippen LogP contribution in [0.3, 0.4) is 0 Å². The molecule has 0 radical (unpaired) electrons. The number of urea groups is 1. The number of amides is 3. The van der Waals surface area contributed by atoms with Crippen LogP contribution in [0.4, 0.5) is 9.59 Å². The van der Waals surface area contributed by atoms with Crippen molar-refractivity contribution in [1.29, 1.82) is 0 Å². The van der Waals surface area contributed by atoms with Gasteiger partial charge in [-0.2, -0.15) is 0 Å². The van der Waals surface area contributed by atoms with E-state index in [2.05, 4.69) is 21.9 Å². The molecule has 0 aliphatic rings. The Morgan fingerprint density at radius 2 is 1.38 bits per heavy atom. The maximum atomic E-state index is 11.8. The number of hydrogen-bond donors (Lipinski definition) is 5. The summed E-state index contributed by atoms with van der Waals surface area (Å²) in [6.07, 6.45) is -0.711. The fraction of sp³-hybridized carbons (Fsp3) is 0.111. The number of hydrogen-bond acceptors (Lipinski definition) is 7. The van der Waals surface area contributed by atoms with Gasteiger partial charge in [-0.25, -0.2) is 19.2 Å². The van der Waals surface area contributed by atoms with Crippen molar-refractivity contribution in [3.05, 3.63) is 59.7 Å². The van der Waals surface area contributed by atoms with E-state index in [0.29, 0.717) is 6.61 Å². The second kappa shape index (κ2) is 13.0. The highest BCUT2D eigenvalue weighted by Gasteiger charge is 2.17. The molecule has 8 N–H and O–H groups in total. The fourth-order valence-electron chi connectivity index (χ4n) is 1.68. The quantitative estimate of drug-likeness (QED) is 0.369. The van der Waals surface area contributed by atoms with Gasteiger partial charge in [0.1, 0.15) is 22.6 Å². The van der Waals surface area contributed by atoms with Crippen LogP contribution < -0.4 is 21.9 Å². The number of carbonyl (C=O) groups excluding carboxylic acids is 3. The molecule has 0 unspecified atom stereocenters. The molecule has 2 aromatic rings. The van der Waals surface area contributed by atoms with Crippen molar-refractivity contribution in [3.8, 4) is 11.5 Å². The molecular weight excluding hydrogens is 386 g/mol. The van der Waals surface area contributed by atoms with Crippen LogP contribution in [-0.2, 0) is 4.74 Å². The summed E-state index contributed by atoms with van der Waals surface area (Å²) in [4.78, 5) is 41.4. The van der Waals surface area contributed by atoms with Crippen molar-refractivity contribution in [2.75, 3.05) is 6.61 Å². The number of phenolic OH excluding ortho intramolecular Hbond substituents is 1. The molecule has 0 atom stereocenters. The van der Waals surface area contributed by atoms with Crippen LogP contribution in [-0.4, -0.2) is 40.9 Å². The first-order valence-corrected chi connectivity index (χ1v) is 7.89. The Balaban J connectivity index is 0.000000654. The van der Waals surface area contributed by atoms with Gasteiger partial charge < -0.3 is 36.9 Å². The molecular formula is C18H21N3O8. The molecule has 0 spiro atoms. The number of rotatable bonds is 4. The summed E-state index contributed by atoms with van der Waals surface area (Å²) in [5, 5.41) is 18.5. The smallest absolute Gasteiger partial charge is 0.404 e. The van der Waals surface area contributed by atoms with Crippen molar-refractivity contribution in [2.24, 2.45) is 17.2 Å². The summed E-state index contributed by atoms with van der Waals surface area (Å²) in [5.74, 6) is -2.30. The number of esters is 1. The third kappa shape index (κ3) is 10.5. The monoisotopic (exact) mass is 407 g/mol. The lowest BCUT2D eigenvalue weighted by Gasteiger charge is -2.07. The first-order valence-electron chi connectivity index (χ1n) is 7.89. The number of aromatic carboxylic acids is 1. The number of para-hydroxylation sites is 2.